The number of nitrogens with two attached hydrogens (primary N) is 1. The van der Waals surface area contributed by atoms with Crippen molar-refractivity contribution in [3.63, 3.8) is 0 Å². The number of amides is 1. The zero-order valence-electron chi connectivity index (χ0n) is 18.1. The molecule has 4 rings (SSSR count). The number of aliphatic carboxylic acids is 2. The van der Waals surface area contributed by atoms with Crippen molar-refractivity contribution in [3.05, 3.63) is 40.2 Å². The van der Waals surface area contributed by atoms with Gasteiger partial charge in [-0.1, -0.05) is 0 Å². The van der Waals surface area contributed by atoms with E-state index in [0.717, 1.165) is 5.69 Å². The minimum Gasteiger partial charge on any atom is -1.00 e. The number of nitrogens with zero attached hydrogens (tertiary/aromatic N) is 3. The second-order valence-electron chi connectivity index (χ2n) is 7.70. The first-order valence-corrected chi connectivity index (χ1v) is 10.1. The summed E-state index contributed by atoms with van der Waals surface area (Å²) in [5.74, 6) is -2.62. The summed E-state index contributed by atoms with van der Waals surface area (Å²) in [7, 11) is 0. The highest BCUT2D eigenvalue weighted by molar-refractivity contribution is 5.97. The molecule has 0 fully saturated rings. The van der Waals surface area contributed by atoms with E-state index in [1.807, 2.05) is 9.48 Å². The number of rotatable bonds is 7. The fraction of sp³-hybridized carbons (Fsp3) is 0.300. The van der Waals surface area contributed by atoms with Crippen molar-refractivity contribution in [1.82, 2.24) is 15.3 Å². The molecule has 0 aliphatic carbocycles. The zero-order chi connectivity index (χ0) is 23.7. The molecule has 188 valence electrons. The molecule has 3 heterocycles. The number of carbonyl (C=O) groups excluding carboxylic acids is 1. The Kier molecular flexibility index (Phi) is 8.66. The number of carbonyl (C=O) groups is 3. The Morgan fingerprint density at radius 3 is 2.57 bits per heavy atom. The molecule has 1 aromatic heterocycles. The standard InChI is InChI=1S/C20H21N7O6.2ClH/c21-20-24-16-15(18(31)25-20)27-9-26(8-12(27)7-22-16)11-3-1-10(2-4-11)17(30)23-13(19(32)33)5-6-14(28)29;;/h1-4,9,12-13H,5-8H2,(H6-,21,22,23,24,25,28,29,30,31,32,33);2*1H. The van der Waals surface area contributed by atoms with Gasteiger partial charge in [0.2, 0.25) is 18.0 Å². The normalized spacial score (nSPS) is 16.3. The Hall–Kier alpha value is -3.84. The molecule has 35 heavy (non-hydrogen) atoms. The lowest BCUT2D eigenvalue weighted by atomic mass is 10.1. The number of benzene rings is 1. The molecule has 0 saturated carbocycles. The second kappa shape index (κ2) is 11.1. The predicted octanol–water partition coefficient (Wildman–Crippen LogP) is -3.19. The molecule has 0 radical (unpaired) electrons. The van der Waals surface area contributed by atoms with Crippen molar-refractivity contribution in [3.8, 4) is 0 Å². The number of nitrogen functional groups attached to an aromatic ring is 1. The van der Waals surface area contributed by atoms with Crippen LogP contribution in [0.1, 0.15) is 23.2 Å². The highest BCUT2D eigenvalue weighted by Crippen LogP contribution is 2.28. The van der Waals surface area contributed by atoms with Gasteiger partial charge in [-0.25, -0.2) is 14.3 Å². The van der Waals surface area contributed by atoms with Crippen LogP contribution >= 0.6 is 12.4 Å². The molecule has 2 unspecified atom stereocenters. The molecule has 2 aliphatic rings. The molecular weight excluding hydrogens is 505 g/mol. The molecule has 13 nitrogen and oxygen atoms in total. The molecule has 15 heteroatoms. The SMILES string of the molecule is Cl.Nc1nc2c(c(=O)[nH]1)[N+]1=CN(c3ccc(C(=O)NC(CCC(=O)O)C(=O)O)cc3)CC1CN2.[Cl-]. The molecule has 0 bridgehead atoms. The predicted molar refractivity (Wildman–Crippen MR) is 124 cm³/mol. The summed E-state index contributed by atoms with van der Waals surface area (Å²) in [6.07, 6.45) is 1.20. The van der Waals surface area contributed by atoms with Gasteiger partial charge in [0, 0.05) is 12.0 Å². The molecule has 7 N–H and O–H groups in total. The highest BCUT2D eigenvalue weighted by Gasteiger charge is 2.39. The lowest BCUT2D eigenvalue weighted by Gasteiger charge is -2.20. The number of anilines is 3. The van der Waals surface area contributed by atoms with Crippen LogP contribution in [0.15, 0.2) is 29.1 Å². The van der Waals surface area contributed by atoms with E-state index in [0.29, 0.717) is 24.6 Å². The fourth-order valence-corrected chi connectivity index (χ4v) is 3.81. The third-order valence-electron chi connectivity index (χ3n) is 5.45. The van der Waals surface area contributed by atoms with E-state index < -0.39 is 23.9 Å². The molecule has 1 aromatic carbocycles. The van der Waals surface area contributed by atoms with Gasteiger partial charge in [0.25, 0.3) is 5.91 Å². The number of H-pyrrole nitrogens is 1. The monoisotopic (exact) mass is 527 g/mol. The Labute approximate surface area is 210 Å². The number of carboxylic acid groups (broad SMARTS) is 2. The number of halogens is 2. The molecule has 2 aliphatic heterocycles. The topological polar surface area (TPSA) is 194 Å². The summed E-state index contributed by atoms with van der Waals surface area (Å²) in [6.45, 7) is 1.14. The Balaban J connectivity index is 0.00000216. The first-order valence-electron chi connectivity index (χ1n) is 10.1. The molecule has 0 saturated heterocycles. The van der Waals surface area contributed by atoms with Crippen LogP contribution in [0.2, 0.25) is 0 Å². The van der Waals surface area contributed by atoms with E-state index in [1.54, 1.807) is 30.6 Å². The van der Waals surface area contributed by atoms with Gasteiger partial charge < -0.3 is 39.0 Å². The largest absolute Gasteiger partial charge is 1.00 e. The van der Waals surface area contributed by atoms with Crippen LogP contribution in [0, 0.1) is 0 Å². The van der Waals surface area contributed by atoms with Gasteiger partial charge in [0.05, 0.1) is 6.54 Å². The van der Waals surface area contributed by atoms with E-state index in [9.17, 15) is 24.3 Å². The van der Waals surface area contributed by atoms with Crippen molar-refractivity contribution in [2.24, 2.45) is 0 Å². The van der Waals surface area contributed by atoms with Gasteiger partial charge >= 0.3 is 17.5 Å². The van der Waals surface area contributed by atoms with Crippen molar-refractivity contribution in [2.75, 3.05) is 29.0 Å². The van der Waals surface area contributed by atoms with Crippen LogP contribution in [0.25, 0.3) is 0 Å². The van der Waals surface area contributed by atoms with Crippen LogP contribution in [-0.2, 0) is 9.59 Å². The summed E-state index contributed by atoms with van der Waals surface area (Å²) >= 11 is 0. The van der Waals surface area contributed by atoms with Gasteiger partial charge in [0.1, 0.15) is 18.3 Å². The molecular formula is C20H23Cl2N7O6. The van der Waals surface area contributed by atoms with E-state index in [1.165, 1.54) is 0 Å². The van der Waals surface area contributed by atoms with Crippen LogP contribution in [0.3, 0.4) is 0 Å². The van der Waals surface area contributed by atoms with E-state index in [-0.39, 0.29) is 60.8 Å². The summed E-state index contributed by atoms with van der Waals surface area (Å²) in [5, 5.41) is 23.4. The Morgan fingerprint density at radius 2 is 1.94 bits per heavy atom. The maximum atomic E-state index is 12.4. The van der Waals surface area contributed by atoms with Crippen LogP contribution in [-0.4, -0.2) is 74.1 Å². The van der Waals surface area contributed by atoms with E-state index in [2.05, 4.69) is 20.6 Å². The number of hydrogen-bond acceptors (Lipinski definition) is 8. The van der Waals surface area contributed by atoms with E-state index in [4.69, 9.17) is 10.8 Å². The molecule has 2 atom stereocenters. The summed E-state index contributed by atoms with van der Waals surface area (Å²) in [6, 6.07) is 5.19. The molecule has 0 spiro atoms. The maximum Gasteiger partial charge on any atom is 0.326 e. The van der Waals surface area contributed by atoms with Crippen LogP contribution in [0.5, 0.6) is 0 Å². The lowest BCUT2D eigenvalue weighted by molar-refractivity contribution is -0.468. The van der Waals surface area contributed by atoms with Crippen LogP contribution in [0.4, 0.5) is 23.1 Å². The maximum absolute atomic E-state index is 12.4. The number of hydrogen-bond donors (Lipinski definition) is 6. The van der Waals surface area contributed by atoms with Gasteiger partial charge in [-0.05, 0) is 30.7 Å². The average molecular weight is 528 g/mol. The number of aromatic amines is 1. The zero-order valence-corrected chi connectivity index (χ0v) is 19.7. The summed E-state index contributed by atoms with van der Waals surface area (Å²) in [5.41, 5.74) is 6.64. The van der Waals surface area contributed by atoms with Gasteiger partial charge in [-0.15, -0.1) is 12.4 Å². The molecule has 1 amide bonds. The van der Waals surface area contributed by atoms with Gasteiger partial charge in [-0.2, -0.15) is 4.98 Å². The second-order valence-corrected chi connectivity index (χ2v) is 7.70. The number of nitrogens with one attached hydrogen (secondary N) is 3. The first-order chi connectivity index (χ1) is 15.7. The number of fused-ring (bicyclic) bond motifs is 3. The number of aromatic nitrogens is 2. The minimum absolute atomic E-state index is 0. The van der Waals surface area contributed by atoms with Crippen molar-refractivity contribution < 1.29 is 41.6 Å². The summed E-state index contributed by atoms with van der Waals surface area (Å²) in [4.78, 5) is 55.4. The molecule has 2 aromatic rings. The van der Waals surface area contributed by atoms with Gasteiger partial charge in [0.15, 0.2) is 11.9 Å². The van der Waals surface area contributed by atoms with Crippen LogP contribution < -0.4 is 39.2 Å². The lowest BCUT2D eigenvalue weighted by Crippen LogP contribution is -3.00. The van der Waals surface area contributed by atoms with Crippen molar-refractivity contribution in [2.45, 2.75) is 24.9 Å². The smallest absolute Gasteiger partial charge is 0.326 e. The third-order valence-corrected chi connectivity index (χ3v) is 5.45. The quantitative estimate of drug-likeness (QED) is 0.200. The van der Waals surface area contributed by atoms with Crippen molar-refractivity contribution >= 4 is 59.7 Å². The minimum atomic E-state index is -1.30. The van der Waals surface area contributed by atoms with Gasteiger partial charge in [-0.3, -0.25) is 19.4 Å². The fourth-order valence-electron chi connectivity index (χ4n) is 3.81. The summed E-state index contributed by atoms with van der Waals surface area (Å²) < 4.78 is 1.83. The number of carboxylic acids is 2. The third kappa shape index (κ3) is 5.81. The van der Waals surface area contributed by atoms with Crippen molar-refractivity contribution in [1.29, 1.82) is 0 Å². The highest BCUT2D eigenvalue weighted by atomic mass is 35.5. The average Bonchev–Trinajstić information content (AvgIpc) is 3.20. The Morgan fingerprint density at radius 1 is 1.26 bits per heavy atom. The van der Waals surface area contributed by atoms with E-state index >= 15 is 0 Å². The first kappa shape index (κ1) is 27.4. The Bertz CT molecular complexity index is 1220.